The first-order chi connectivity index (χ1) is 15.5. The van der Waals surface area contributed by atoms with Crippen LogP contribution in [0.3, 0.4) is 0 Å². The number of likely N-dealkylation sites (tertiary alicyclic amines) is 1. The Labute approximate surface area is 190 Å². The summed E-state index contributed by atoms with van der Waals surface area (Å²) in [7, 11) is 1.56. The molecular weight excluding hydrogens is 400 g/mol. The SMILES string of the molecule is CO[C@@H](C(=O)Nc1ccnn1C1CCN(Cc2ccc(C)cc2C)CC1)c1ccccc1. The van der Waals surface area contributed by atoms with Crippen molar-refractivity contribution < 1.29 is 9.53 Å². The maximum Gasteiger partial charge on any atom is 0.259 e. The van der Waals surface area contributed by atoms with Gasteiger partial charge in [0.15, 0.2) is 6.10 Å². The molecular formula is C26H32N4O2. The molecule has 0 unspecified atom stereocenters. The van der Waals surface area contributed by atoms with Crippen LogP contribution in [-0.4, -0.2) is 40.8 Å². The summed E-state index contributed by atoms with van der Waals surface area (Å²) in [6.45, 7) is 7.33. The van der Waals surface area contributed by atoms with Gasteiger partial charge >= 0.3 is 0 Å². The number of hydrogen-bond donors (Lipinski definition) is 1. The summed E-state index contributed by atoms with van der Waals surface area (Å²) in [4.78, 5) is 15.4. The number of methoxy groups -OCH3 is 1. The average molecular weight is 433 g/mol. The molecule has 1 N–H and O–H groups in total. The number of nitrogens with zero attached hydrogens (tertiary/aromatic N) is 3. The molecule has 1 fully saturated rings. The smallest absolute Gasteiger partial charge is 0.259 e. The lowest BCUT2D eigenvalue weighted by Gasteiger charge is -2.33. The summed E-state index contributed by atoms with van der Waals surface area (Å²) < 4.78 is 7.43. The number of carbonyl (C=O) groups is 1. The molecule has 1 saturated heterocycles. The number of anilines is 1. The Balaban J connectivity index is 1.37. The molecule has 1 aliphatic rings. The van der Waals surface area contributed by atoms with Crippen LogP contribution in [0.2, 0.25) is 0 Å². The number of piperidine rings is 1. The lowest BCUT2D eigenvalue weighted by atomic mass is 10.0. The van der Waals surface area contributed by atoms with E-state index in [4.69, 9.17) is 4.74 Å². The molecule has 0 aliphatic carbocycles. The molecule has 6 nitrogen and oxygen atoms in total. The number of amides is 1. The van der Waals surface area contributed by atoms with Crippen LogP contribution in [-0.2, 0) is 16.1 Å². The maximum absolute atomic E-state index is 12.9. The lowest BCUT2D eigenvalue weighted by Crippen LogP contribution is -2.35. The second-order valence-electron chi connectivity index (χ2n) is 8.61. The Morgan fingerprint density at radius 3 is 2.56 bits per heavy atom. The van der Waals surface area contributed by atoms with Crippen molar-refractivity contribution in [2.75, 3.05) is 25.5 Å². The Hall–Kier alpha value is -2.96. The van der Waals surface area contributed by atoms with Crippen molar-refractivity contribution in [3.05, 3.63) is 83.0 Å². The standard InChI is InChI=1S/C26H32N4O2/c1-19-9-10-22(20(2)17-19)18-29-15-12-23(13-16-29)30-24(11-14-27-30)28-26(31)25(32-3)21-7-5-4-6-8-21/h4-11,14,17,23,25H,12-13,15-16,18H2,1-3H3,(H,28,31)/t25-/m1/s1. The molecule has 1 aliphatic heterocycles. The van der Waals surface area contributed by atoms with Crippen LogP contribution in [0, 0.1) is 13.8 Å². The number of nitrogens with one attached hydrogen (secondary N) is 1. The highest BCUT2D eigenvalue weighted by Gasteiger charge is 2.25. The molecule has 32 heavy (non-hydrogen) atoms. The van der Waals surface area contributed by atoms with Gasteiger partial charge in [0.05, 0.1) is 12.2 Å². The highest BCUT2D eigenvalue weighted by molar-refractivity contribution is 5.94. The molecule has 0 spiro atoms. The van der Waals surface area contributed by atoms with Gasteiger partial charge in [0.25, 0.3) is 5.91 Å². The van der Waals surface area contributed by atoms with Crippen molar-refractivity contribution in [1.82, 2.24) is 14.7 Å². The summed E-state index contributed by atoms with van der Waals surface area (Å²) in [5, 5.41) is 7.55. The van der Waals surface area contributed by atoms with E-state index in [1.165, 1.54) is 16.7 Å². The first kappa shape index (κ1) is 22.2. The van der Waals surface area contributed by atoms with Crippen LogP contribution in [0.25, 0.3) is 0 Å². The second-order valence-corrected chi connectivity index (χ2v) is 8.61. The van der Waals surface area contributed by atoms with Gasteiger partial charge in [-0.15, -0.1) is 0 Å². The van der Waals surface area contributed by atoms with E-state index in [0.29, 0.717) is 0 Å². The van der Waals surface area contributed by atoms with Crippen LogP contribution in [0.1, 0.15) is 47.2 Å². The molecule has 1 amide bonds. The molecule has 0 bridgehead atoms. The molecule has 3 aromatic rings. The van der Waals surface area contributed by atoms with E-state index in [0.717, 1.165) is 43.9 Å². The normalized spacial score (nSPS) is 16.1. The first-order valence-corrected chi connectivity index (χ1v) is 11.3. The lowest BCUT2D eigenvalue weighted by molar-refractivity contribution is -0.126. The van der Waals surface area contributed by atoms with Gasteiger partial charge in [-0.2, -0.15) is 5.10 Å². The van der Waals surface area contributed by atoms with Crippen molar-refractivity contribution >= 4 is 11.7 Å². The fraction of sp³-hybridized carbons (Fsp3) is 0.385. The van der Waals surface area contributed by atoms with Crippen molar-refractivity contribution in [2.45, 2.75) is 45.4 Å². The first-order valence-electron chi connectivity index (χ1n) is 11.3. The third-order valence-electron chi connectivity index (χ3n) is 6.29. The minimum absolute atomic E-state index is 0.187. The van der Waals surface area contributed by atoms with Crippen molar-refractivity contribution in [2.24, 2.45) is 0 Å². The topological polar surface area (TPSA) is 59.4 Å². The van der Waals surface area contributed by atoms with Gasteiger partial charge in [0.2, 0.25) is 0 Å². The molecule has 2 aromatic carbocycles. The van der Waals surface area contributed by atoms with Gasteiger partial charge in [-0.1, -0.05) is 54.1 Å². The molecule has 4 rings (SSSR count). The molecule has 1 aromatic heterocycles. The zero-order valence-electron chi connectivity index (χ0n) is 19.1. The van der Waals surface area contributed by atoms with Gasteiger partial charge in [-0.25, -0.2) is 4.68 Å². The molecule has 1 atom stereocenters. The fourth-order valence-corrected chi connectivity index (χ4v) is 4.50. The van der Waals surface area contributed by atoms with E-state index in [9.17, 15) is 4.79 Å². The fourth-order valence-electron chi connectivity index (χ4n) is 4.50. The second kappa shape index (κ2) is 10.1. The van der Waals surface area contributed by atoms with E-state index in [1.807, 2.05) is 41.1 Å². The van der Waals surface area contributed by atoms with Crippen molar-refractivity contribution in [3.63, 3.8) is 0 Å². The van der Waals surface area contributed by atoms with Gasteiger partial charge in [0.1, 0.15) is 5.82 Å². The van der Waals surface area contributed by atoms with Gasteiger partial charge in [-0.05, 0) is 43.4 Å². The zero-order chi connectivity index (χ0) is 22.5. The quantitative estimate of drug-likeness (QED) is 0.590. The number of rotatable bonds is 7. The van der Waals surface area contributed by atoms with Crippen molar-refractivity contribution in [1.29, 1.82) is 0 Å². The number of benzene rings is 2. The zero-order valence-corrected chi connectivity index (χ0v) is 19.1. The number of aryl methyl sites for hydroxylation is 2. The van der Waals surface area contributed by atoms with Gasteiger partial charge in [-0.3, -0.25) is 9.69 Å². The van der Waals surface area contributed by atoms with E-state index in [2.05, 4.69) is 47.4 Å². The summed E-state index contributed by atoms with van der Waals surface area (Å²) in [5.74, 6) is 0.536. The average Bonchev–Trinajstić information content (AvgIpc) is 3.25. The summed E-state index contributed by atoms with van der Waals surface area (Å²) in [6, 6.07) is 18.4. The molecule has 0 saturated carbocycles. The number of hydrogen-bond acceptors (Lipinski definition) is 4. The van der Waals surface area contributed by atoms with E-state index in [-0.39, 0.29) is 11.9 Å². The van der Waals surface area contributed by atoms with Gasteiger partial charge < -0.3 is 10.1 Å². The van der Waals surface area contributed by atoms with Crippen LogP contribution in [0.4, 0.5) is 5.82 Å². The van der Waals surface area contributed by atoms with Crippen LogP contribution < -0.4 is 5.32 Å². The van der Waals surface area contributed by atoms with Crippen LogP contribution in [0.5, 0.6) is 0 Å². The molecule has 2 heterocycles. The Bertz CT molecular complexity index is 1040. The summed E-state index contributed by atoms with van der Waals surface area (Å²) >= 11 is 0. The molecule has 0 radical (unpaired) electrons. The monoisotopic (exact) mass is 432 g/mol. The Morgan fingerprint density at radius 1 is 1.12 bits per heavy atom. The summed E-state index contributed by atoms with van der Waals surface area (Å²) in [6.07, 6.45) is 3.10. The highest BCUT2D eigenvalue weighted by atomic mass is 16.5. The maximum atomic E-state index is 12.9. The largest absolute Gasteiger partial charge is 0.367 e. The predicted molar refractivity (Wildman–Crippen MR) is 127 cm³/mol. The van der Waals surface area contributed by atoms with Gasteiger partial charge in [0, 0.05) is 32.8 Å². The number of carbonyl (C=O) groups excluding carboxylic acids is 1. The third kappa shape index (κ3) is 5.09. The third-order valence-corrected chi connectivity index (χ3v) is 6.29. The highest BCUT2D eigenvalue weighted by Crippen LogP contribution is 2.27. The predicted octanol–water partition coefficient (Wildman–Crippen LogP) is 4.66. The number of aromatic nitrogens is 2. The van der Waals surface area contributed by atoms with Crippen molar-refractivity contribution in [3.8, 4) is 0 Å². The Kier molecular flexibility index (Phi) is 7.02. The minimum Gasteiger partial charge on any atom is -0.367 e. The minimum atomic E-state index is -0.654. The van der Waals surface area contributed by atoms with Crippen LogP contribution >= 0.6 is 0 Å². The summed E-state index contributed by atoms with van der Waals surface area (Å²) in [5.41, 5.74) is 4.89. The Morgan fingerprint density at radius 2 is 1.88 bits per heavy atom. The molecule has 168 valence electrons. The number of ether oxygens (including phenoxy) is 1. The van der Waals surface area contributed by atoms with E-state index in [1.54, 1.807) is 13.3 Å². The van der Waals surface area contributed by atoms with E-state index < -0.39 is 6.10 Å². The van der Waals surface area contributed by atoms with E-state index >= 15 is 0 Å². The molecule has 6 heteroatoms. The van der Waals surface area contributed by atoms with Crippen LogP contribution in [0.15, 0.2) is 60.8 Å².